The maximum atomic E-state index is 12.0. The van der Waals surface area contributed by atoms with Gasteiger partial charge in [-0.15, -0.1) is 11.3 Å². The second kappa shape index (κ2) is 9.19. The highest BCUT2D eigenvalue weighted by molar-refractivity contribution is 7.13. The van der Waals surface area contributed by atoms with Gasteiger partial charge in [0, 0.05) is 11.5 Å². The predicted molar refractivity (Wildman–Crippen MR) is 111 cm³/mol. The number of esters is 1. The lowest BCUT2D eigenvalue weighted by molar-refractivity contribution is -0.139. The summed E-state index contributed by atoms with van der Waals surface area (Å²) in [5.41, 5.74) is 3.61. The van der Waals surface area contributed by atoms with Gasteiger partial charge in [0.2, 0.25) is 0 Å². The summed E-state index contributed by atoms with van der Waals surface area (Å²) in [5.74, 6) is 0.864. The van der Waals surface area contributed by atoms with E-state index in [2.05, 4.69) is 4.98 Å². The number of nitrogens with zero attached hydrogens (tertiary/aromatic N) is 1. The zero-order valence-corrected chi connectivity index (χ0v) is 16.8. The smallest absolute Gasteiger partial charge is 0.331 e. The molecule has 0 amide bonds. The molecule has 0 aliphatic rings. The van der Waals surface area contributed by atoms with Crippen molar-refractivity contribution in [3.63, 3.8) is 0 Å². The summed E-state index contributed by atoms with van der Waals surface area (Å²) in [6.45, 7) is 2.12. The average Bonchev–Trinajstić information content (AvgIpc) is 3.19. The molecule has 0 fully saturated rings. The Morgan fingerprint density at radius 1 is 1.14 bits per heavy atom. The molecular formula is C22H21NO4S. The number of aryl methyl sites for hydroxylation is 1. The predicted octanol–water partition coefficient (Wildman–Crippen LogP) is 4.89. The minimum absolute atomic E-state index is 0.111. The van der Waals surface area contributed by atoms with E-state index in [-0.39, 0.29) is 6.61 Å². The molecule has 3 aromatic rings. The van der Waals surface area contributed by atoms with Gasteiger partial charge < -0.3 is 14.2 Å². The van der Waals surface area contributed by atoms with Gasteiger partial charge in [-0.3, -0.25) is 0 Å². The number of thiazole rings is 1. The molecule has 144 valence electrons. The molecule has 0 unspecified atom stereocenters. The molecule has 6 heteroatoms. The van der Waals surface area contributed by atoms with Crippen molar-refractivity contribution in [3.05, 3.63) is 70.7 Å². The van der Waals surface area contributed by atoms with Gasteiger partial charge in [-0.1, -0.05) is 35.9 Å². The first-order valence-corrected chi connectivity index (χ1v) is 9.56. The van der Waals surface area contributed by atoms with Crippen LogP contribution in [0.3, 0.4) is 0 Å². The number of para-hydroxylation sites is 1. The summed E-state index contributed by atoms with van der Waals surface area (Å²) in [5, 5.41) is 2.64. The Balaban J connectivity index is 1.65. The topological polar surface area (TPSA) is 57.7 Å². The molecule has 0 atom stereocenters. The van der Waals surface area contributed by atoms with Crippen LogP contribution in [0.15, 0.2) is 53.9 Å². The summed E-state index contributed by atoms with van der Waals surface area (Å²) in [7, 11) is 3.19. The van der Waals surface area contributed by atoms with Gasteiger partial charge in [-0.25, -0.2) is 9.78 Å². The molecule has 0 saturated carbocycles. The van der Waals surface area contributed by atoms with Crippen molar-refractivity contribution in [3.8, 4) is 22.1 Å². The van der Waals surface area contributed by atoms with E-state index in [9.17, 15) is 4.79 Å². The molecule has 0 N–H and O–H groups in total. The lowest BCUT2D eigenvalue weighted by Gasteiger charge is -2.10. The third-order valence-corrected chi connectivity index (χ3v) is 4.93. The van der Waals surface area contributed by atoms with E-state index in [1.54, 1.807) is 20.3 Å². The molecule has 1 heterocycles. The van der Waals surface area contributed by atoms with Crippen LogP contribution in [0.5, 0.6) is 11.5 Å². The first kappa shape index (κ1) is 19.6. The van der Waals surface area contributed by atoms with Crippen LogP contribution in [0.4, 0.5) is 0 Å². The minimum atomic E-state index is -0.407. The lowest BCUT2D eigenvalue weighted by atomic mass is 10.1. The monoisotopic (exact) mass is 395 g/mol. The zero-order chi connectivity index (χ0) is 19.9. The normalized spacial score (nSPS) is 10.8. The lowest BCUT2D eigenvalue weighted by Crippen LogP contribution is -2.01. The van der Waals surface area contributed by atoms with Gasteiger partial charge in [0.1, 0.15) is 11.6 Å². The Labute approximate surface area is 168 Å². The van der Waals surface area contributed by atoms with Crippen molar-refractivity contribution in [2.24, 2.45) is 0 Å². The van der Waals surface area contributed by atoms with Crippen LogP contribution in [0, 0.1) is 6.92 Å². The second-order valence-corrected chi connectivity index (χ2v) is 6.90. The van der Waals surface area contributed by atoms with Crippen LogP contribution >= 0.6 is 11.3 Å². The van der Waals surface area contributed by atoms with E-state index in [0.717, 1.165) is 21.7 Å². The molecule has 5 nitrogen and oxygen atoms in total. The van der Waals surface area contributed by atoms with Crippen molar-refractivity contribution in [2.45, 2.75) is 13.5 Å². The summed E-state index contributed by atoms with van der Waals surface area (Å²) in [6.07, 6.45) is 3.16. The number of methoxy groups -OCH3 is 2. The van der Waals surface area contributed by atoms with E-state index in [4.69, 9.17) is 14.2 Å². The van der Waals surface area contributed by atoms with E-state index >= 15 is 0 Å². The molecule has 1 aromatic heterocycles. The van der Waals surface area contributed by atoms with Crippen molar-refractivity contribution in [1.29, 1.82) is 0 Å². The quantitative estimate of drug-likeness (QED) is 0.421. The van der Waals surface area contributed by atoms with Gasteiger partial charge in [0.25, 0.3) is 0 Å². The maximum Gasteiger partial charge on any atom is 0.331 e. The van der Waals surface area contributed by atoms with Gasteiger partial charge in [0.15, 0.2) is 11.5 Å². The Hall–Kier alpha value is -3.12. The van der Waals surface area contributed by atoms with Crippen LogP contribution in [0.25, 0.3) is 16.6 Å². The Kier molecular flexibility index (Phi) is 6.45. The Bertz CT molecular complexity index is 994. The van der Waals surface area contributed by atoms with E-state index < -0.39 is 5.97 Å². The highest BCUT2D eigenvalue weighted by Gasteiger charge is 2.15. The number of carbonyl (C=O) groups excluding carboxylic acids is 1. The largest absolute Gasteiger partial charge is 0.493 e. The first-order valence-electron chi connectivity index (χ1n) is 8.68. The number of hydrogen-bond acceptors (Lipinski definition) is 6. The molecule has 3 rings (SSSR count). The summed E-state index contributed by atoms with van der Waals surface area (Å²) >= 11 is 1.46. The highest BCUT2D eigenvalue weighted by Crippen LogP contribution is 2.38. The number of rotatable bonds is 7. The fraction of sp³-hybridized carbons (Fsp3) is 0.182. The summed E-state index contributed by atoms with van der Waals surface area (Å²) < 4.78 is 16.1. The standard InChI is InChI=1S/C22H21NO4S/c1-15-6-4-7-16(12-15)10-11-20(24)27-13-17-14-28-22(23-17)18-8-5-9-19(25-2)21(18)26-3/h4-12,14H,13H2,1-3H3/b11-10+. The number of carbonyl (C=O) groups is 1. The molecule has 0 aliphatic carbocycles. The van der Waals surface area contributed by atoms with Crippen molar-refractivity contribution in [2.75, 3.05) is 14.2 Å². The highest BCUT2D eigenvalue weighted by atomic mass is 32.1. The number of benzene rings is 2. The van der Waals surface area contributed by atoms with Gasteiger partial charge in [0.05, 0.1) is 25.5 Å². The van der Waals surface area contributed by atoms with Crippen LogP contribution in [0.2, 0.25) is 0 Å². The van der Waals surface area contributed by atoms with Crippen molar-refractivity contribution >= 4 is 23.4 Å². The fourth-order valence-electron chi connectivity index (χ4n) is 2.68. The molecule has 2 aromatic carbocycles. The summed E-state index contributed by atoms with van der Waals surface area (Å²) in [6, 6.07) is 13.5. The van der Waals surface area contributed by atoms with Crippen LogP contribution in [0.1, 0.15) is 16.8 Å². The Morgan fingerprint density at radius 2 is 1.96 bits per heavy atom. The van der Waals surface area contributed by atoms with Crippen molar-refractivity contribution < 1.29 is 19.0 Å². The third-order valence-electron chi connectivity index (χ3n) is 4.00. The molecule has 0 aliphatic heterocycles. The number of aromatic nitrogens is 1. The Morgan fingerprint density at radius 3 is 2.71 bits per heavy atom. The zero-order valence-electron chi connectivity index (χ0n) is 16.0. The molecule has 0 radical (unpaired) electrons. The molecule has 0 spiro atoms. The summed E-state index contributed by atoms with van der Waals surface area (Å²) in [4.78, 5) is 16.5. The SMILES string of the molecule is COc1cccc(-c2nc(COC(=O)/C=C/c3cccc(C)c3)cs2)c1OC. The van der Waals surface area contributed by atoms with E-state index in [0.29, 0.717) is 17.2 Å². The van der Waals surface area contributed by atoms with E-state index in [1.807, 2.05) is 54.8 Å². The molecule has 28 heavy (non-hydrogen) atoms. The van der Waals surface area contributed by atoms with Crippen LogP contribution in [-0.2, 0) is 16.1 Å². The van der Waals surface area contributed by atoms with Gasteiger partial charge in [-0.05, 0) is 30.7 Å². The number of ether oxygens (including phenoxy) is 3. The fourth-order valence-corrected chi connectivity index (χ4v) is 3.51. The van der Waals surface area contributed by atoms with Gasteiger partial charge in [-0.2, -0.15) is 0 Å². The van der Waals surface area contributed by atoms with Crippen LogP contribution in [-0.4, -0.2) is 25.2 Å². The first-order chi connectivity index (χ1) is 13.6. The minimum Gasteiger partial charge on any atom is -0.493 e. The average molecular weight is 395 g/mol. The molecule has 0 bridgehead atoms. The number of hydrogen-bond donors (Lipinski definition) is 0. The van der Waals surface area contributed by atoms with Gasteiger partial charge >= 0.3 is 5.97 Å². The van der Waals surface area contributed by atoms with E-state index in [1.165, 1.54) is 17.4 Å². The third kappa shape index (κ3) is 4.78. The molecular weight excluding hydrogens is 374 g/mol. The van der Waals surface area contributed by atoms with Crippen molar-refractivity contribution in [1.82, 2.24) is 4.98 Å². The molecule has 0 saturated heterocycles. The second-order valence-electron chi connectivity index (χ2n) is 6.04. The van der Waals surface area contributed by atoms with Crippen LogP contribution < -0.4 is 9.47 Å². The maximum absolute atomic E-state index is 12.0.